The van der Waals surface area contributed by atoms with Crippen molar-refractivity contribution in [3.8, 4) is 11.5 Å². The van der Waals surface area contributed by atoms with Crippen molar-refractivity contribution in [1.82, 2.24) is 0 Å². The molecule has 1 aliphatic rings. The van der Waals surface area contributed by atoms with E-state index >= 15 is 0 Å². The molecule has 1 fully saturated rings. The highest BCUT2D eigenvalue weighted by Gasteiger charge is 2.42. The third-order valence-electron chi connectivity index (χ3n) is 5.09. The second kappa shape index (κ2) is 9.52. The van der Waals surface area contributed by atoms with E-state index in [9.17, 15) is 5.11 Å². The highest BCUT2D eigenvalue weighted by Crippen LogP contribution is 2.40. The smallest absolute Gasteiger partial charge is 0.164 e. The number of aliphatic hydroxyl groups excluding tert-OH is 1. The summed E-state index contributed by atoms with van der Waals surface area (Å²) in [6, 6.07) is 25.7. The first-order valence-corrected chi connectivity index (χ1v) is 10.5. The van der Waals surface area contributed by atoms with Crippen molar-refractivity contribution >= 4 is 0 Å². The maximum Gasteiger partial charge on any atom is 0.164 e. The SMILES string of the molecule is CC1(C)O[C@@H](CO)[C@@H](c2cc(OCc3ccccc3)cc(OCc3ccccc3)c2)O1. The molecular formula is C26H28O5. The van der Waals surface area contributed by atoms with Gasteiger partial charge in [-0.15, -0.1) is 0 Å². The van der Waals surface area contributed by atoms with E-state index in [0.29, 0.717) is 24.7 Å². The molecule has 0 unspecified atom stereocenters. The quantitative estimate of drug-likeness (QED) is 0.554. The average Bonchev–Trinajstić information content (AvgIpc) is 3.12. The summed E-state index contributed by atoms with van der Waals surface area (Å²) in [7, 11) is 0. The van der Waals surface area contributed by atoms with E-state index in [2.05, 4.69) is 0 Å². The van der Waals surface area contributed by atoms with Gasteiger partial charge in [0.25, 0.3) is 0 Å². The van der Waals surface area contributed by atoms with Gasteiger partial charge in [-0.2, -0.15) is 0 Å². The summed E-state index contributed by atoms with van der Waals surface area (Å²) < 4.78 is 24.1. The van der Waals surface area contributed by atoms with E-state index in [-0.39, 0.29) is 6.61 Å². The van der Waals surface area contributed by atoms with E-state index in [0.717, 1.165) is 16.7 Å². The van der Waals surface area contributed by atoms with Gasteiger partial charge in [-0.25, -0.2) is 0 Å². The molecule has 0 aliphatic carbocycles. The predicted molar refractivity (Wildman–Crippen MR) is 118 cm³/mol. The lowest BCUT2D eigenvalue weighted by molar-refractivity contribution is -0.149. The van der Waals surface area contributed by atoms with Crippen molar-refractivity contribution in [2.45, 2.75) is 45.1 Å². The number of hydrogen-bond acceptors (Lipinski definition) is 5. The maximum atomic E-state index is 9.81. The molecule has 0 aromatic heterocycles. The molecule has 0 saturated carbocycles. The van der Waals surface area contributed by atoms with Crippen LogP contribution < -0.4 is 9.47 Å². The van der Waals surface area contributed by atoms with Crippen LogP contribution in [0.5, 0.6) is 11.5 Å². The molecule has 0 bridgehead atoms. The van der Waals surface area contributed by atoms with Crippen LogP contribution in [0.1, 0.15) is 36.6 Å². The molecule has 1 saturated heterocycles. The predicted octanol–water partition coefficient (Wildman–Crippen LogP) is 5.03. The zero-order chi connectivity index (χ0) is 21.7. The van der Waals surface area contributed by atoms with E-state index < -0.39 is 18.0 Å². The second-order valence-electron chi connectivity index (χ2n) is 8.06. The fourth-order valence-corrected chi connectivity index (χ4v) is 3.66. The van der Waals surface area contributed by atoms with Gasteiger partial charge < -0.3 is 24.1 Å². The Labute approximate surface area is 183 Å². The zero-order valence-electron chi connectivity index (χ0n) is 17.9. The Kier molecular flexibility index (Phi) is 6.56. The molecule has 1 N–H and O–H groups in total. The topological polar surface area (TPSA) is 57.2 Å². The van der Waals surface area contributed by atoms with Crippen molar-refractivity contribution in [2.24, 2.45) is 0 Å². The van der Waals surface area contributed by atoms with Crippen LogP contribution in [0.15, 0.2) is 78.9 Å². The molecule has 1 aliphatic heterocycles. The summed E-state index contributed by atoms with van der Waals surface area (Å²) in [4.78, 5) is 0. The van der Waals surface area contributed by atoms with E-state index in [1.54, 1.807) is 0 Å². The first-order valence-electron chi connectivity index (χ1n) is 10.5. The first-order chi connectivity index (χ1) is 15.0. The van der Waals surface area contributed by atoms with Gasteiger partial charge in [0.15, 0.2) is 5.79 Å². The Balaban J connectivity index is 1.58. The van der Waals surface area contributed by atoms with Crippen LogP contribution in [-0.4, -0.2) is 23.6 Å². The summed E-state index contributed by atoms with van der Waals surface area (Å²) in [5, 5.41) is 9.81. The van der Waals surface area contributed by atoms with Crippen molar-refractivity contribution < 1.29 is 24.1 Å². The molecule has 5 heteroatoms. The molecule has 3 aromatic rings. The van der Waals surface area contributed by atoms with Gasteiger partial charge in [0.05, 0.1) is 6.61 Å². The summed E-state index contributed by atoms with van der Waals surface area (Å²) in [6.45, 7) is 4.44. The van der Waals surface area contributed by atoms with E-state index in [1.165, 1.54) is 0 Å². The molecule has 0 amide bonds. The molecule has 162 valence electrons. The van der Waals surface area contributed by atoms with Gasteiger partial charge in [-0.05, 0) is 42.7 Å². The van der Waals surface area contributed by atoms with Gasteiger partial charge in [0, 0.05) is 6.07 Å². The maximum absolute atomic E-state index is 9.81. The fraction of sp³-hybridized carbons (Fsp3) is 0.308. The zero-order valence-corrected chi connectivity index (χ0v) is 17.9. The van der Waals surface area contributed by atoms with Crippen LogP contribution >= 0.6 is 0 Å². The van der Waals surface area contributed by atoms with Crippen LogP contribution in [-0.2, 0) is 22.7 Å². The molecule has 31 heavy (non-hydrogen) atoms. The molecule has 0 spiro atoms. The molecule has 3 aromatic carbocycles. The molecular weight excluding hydrogens is 392 g/mol. The van der Waals surface area contributed by atoms with Crippen LogP contribution in [0.4, 0.5) is 0 Å². The monoisotopic (exact) mass is 420 g/mol. The number of ether oxygens (including phenoxy) is 4. The van der Waals surface area contributed by atoms with Crippen LogP contribution in [0.25, 0.3) is 0 Å². The van der Waals surface area contributed by atoms with Crippen LogP contribution in [0.2, 0.25) is 0 Å². The lowest BCUT2D eigenvalue weighted by atomic mass is 10.0. The third-order valence-corrected chi connectivity index (χ3v) is 5.09. The molecule has 2 atom stereocenters. The minimum atomic E-state index is -0.774. The third kappa shape index (κ3) is 5.64. The van der Waals surface area contributed by atoms with Crippen LogP contribution in [0, 0.1) is 0 Å². The lowest BCUT2D eigenvalue weighted by Crippen LogP contribution is -2.23. The summed E-state index contributed by atoms with van der Waals surface area (Å²) in [5.74, 6) is 0.577. The number of rotatable bonds is 8. The summed E-state index contributed by atoms with van der Waals surface area (Å²) >= 11 is 0. The van der Waals surface area contributed by atoms with Crippen molar-refractivity contribution in [3.63, 3.8) is 0 Å². The highest BCUT2D eigenvalue weighted by molar-refractivity contribution is 5.40. The fourth-order valence-electron chi connectivity index (χ4n) is 3.66. The number of hydrogen-bond donors (Lipinski definition) is 1. The van der Waals surface area contributed by atoms with Gasteiger partial charge in [0.2, 0.25) is 0 Å². The number of benzene rings is 3. The molecule has 4 rings (SSSR count). The van der Waals surface area contributed by atoms with Gasteiger partial charge in [-0.1, -0.05) is 60.7 Å². The first kappa shape index (κ1) is 21.4. The standard InChI is InChI=1S/C26H28O5/c1-26(2)30-24(16-27)25(31-26)21-13-22(28-17-19-9-5-3-6-10-19)15-23(14-21)29-18-20-11-7-4-8-12-20/h3-15,24-25,27H,16-18H2,1-2H3/t24-,25+/m0/s1. The van der Waals surface area contributed by atoms with Crippen molar-refractivity contribution in [2.75, 3.05) is 6.61 Å². The minimum Gasteiger partial charge on any atom is -0.489 e. The van der Waals surface area contributed by atoms with Crippen molar-refractivity contribution in [1.29, 1.82) is 0 Å². The second-order valence-corrected chi connectivity index (χ2v) is 8.06. The summed E-state index contributed by atoms with van der Waals surface area (Å²) in [5.41, 5.74) is 3.00. The molecule has 0 radical (unpaired) electrons. The Bertz CT molecular complexity index is 910. The van der Waals surface area contributed by atoms with Gasteiger partial charge >= 0.3 is 0 Å². The molecule has 1 heterocycles. The Morgan fingerprint density at radius 2 is 1.29 bits per heavy atom. The van der Waals surface area contributed by atoms with Crippen molar-refractivity contribution in [3.05, 3.63) is 95.6 Å². The van der Waals surface area contributed by atoms with E-state index in [1.807, 2.05) is 92.7 Å². The average molecular weight is 421 g/mol. The summed E-state index contributed by atoms with van der Waals surface area (Å²) in [6.07, 6.45) is -0.874. The minimum absolute atomic E-state index is 0.136. The normalized spacial score (nSPS) is 19.8. The highest BCUT2D eigenvalue weighted by atomic mass is 16.8. The number of aliphatic hydroxyl groups is 1. The largest absolute Gasteiger partial charge is 0.489 e. The Morgan fingerprint density at radius 1 is 0.774 bits per heavy atom. The van der Waals surface area contributed by atoms with E-state index in [4.69, 9.17) is 18.9 Å². The van der Waals surface area contributed by atoms with Gasteiger partial charge in [0.1, 0.15) is 36.9 Å². The molecule has 5 nitrogen and oxygen atoms in total. The Hall–Kier alpha value is -2.86. The lowest BCUT2D eigenvalue weighted by Gasteiger charge is -2.19. The van der Waals surface area contributed by atoms with Gasteiger partial charge in [-0.3, -0.25) is 0 Å². The van der Waals surface area contributed by atoms with Crippen LogP contribution in [0.3, 0.4) is 0 Å². The Morgan fingerprint density at radius 3 is 1.77 bits per heavy atom.